The van der Waals surface area contributed by atoms with Crippen LogP contribution in [0.15, 0.2) is 129 Å². The normalized spacial score (nSPS) is 18.4. The molecule has 4 nitrogen and oxygen atoms in total. The Labute approximate surface area is 234 Å². The number of aliphatic imine (C=N–C) groups is 1. The number of amidine groups is 2. The molecule has 0 fully saturated rings. The Bertz CT molecular complexity index is 1500. The Morgan fingerprint density at radius 3 is 2.05 bits per heavy atom. The third-order valence-corrected chi connectivity index (χ3v) is 8.92. The van der Waals surface area contributed by atoms with Crippen LogP contribution in [-0.2, 0) is 11.1 Å². The van der Waals surface area contributed by atoms with Gasteiger partial charge in [-0.3, -0.25) is 4.57 Å². The maximum atomic E-state index is 14.6. The highest BCUT2D eigenvalue weighted by Crippen LogP contribution is 2.56. The highest BCUT2D eigenvalue weighted by molar-refractivity contribution is 9.11. The van der Waals surface area contributed by atoms with Crippen LogP contribution in [0.1, 0.15) is 22.3 Å². The third kappa shape index (κ3) is 6.14. The highest BCUT2D eigenvalue weighted by Gasteiger charge is 2.25. The van der Waals surface area contributed by atoms with Gasteiger partial charge in [-0.05, 0) is 44.8 Å². The first kappa shape index (κ1) is 25.7. The van der Waals surface area contributed by atoms with E-state index >= 15 is 0 Å². The van der Waals surface area contributed by atoms with Crippen molar-refractivity contribution in [2.45, 2.75) is 6.54 Å². The first-order valence-electron chi connectivity index (χ1n) is 11.5. The second kappa shape index (κ2) is 11.2. The van der Waals surface area contributed by atoms with Crippen LogP contribution < -0.4 is 0 Å². The SMILES string of the molecule is O=P(C=C(Cl)c1ccccc1)(/C=C(/Cl)c1ccccc1)N=C1N=C2C=CC(Br)=CN2Cc2ccccc21. The zero-order valence-corrected chi connectivity index (χ0v) is 23.5. The fourth-order valence-electron chi connectivity index (χ4n) is 3.95. The predicted octanol–water partition coefficient (Wildman–Crippen LogP) is 9.21. The van der Waals surface area contributed by atoms with E-state index in [1.807, 2.05) is 108 Å². The van der Waals surface area contributed by atoms with E-state index in [2.05, 4.69) is 15.9 Å². The van der Waals surface area contributed by atoms with Gasteiger partial charge in [-0.2, -0.15) is 4.76 Å². The molecule has 0 saturated heterocycles. The molecule has 184 valence electrons. The number of halogens is 3. The van der Waals surface area contributed by atoms with Gasteiger partial charge in [0.05, 0.1) is 10.1 Å². The molecule has 1 unspecified atom stereocenters. The quantitative estimate of drug-likeness (QED) is 0.271. The van der Waals surface area contributed by atoms with E-state index in [0.717, 1.165) is 26.7 Å². The van der Waals surface area contributed by atoms with Crippen LogP contribution in [0, 0.1) is 0 Å². The van der Waals surface area contributed by atoms with E-state index < -0.39 is 7.29 Å². The molecule has 0 aromatic heterocycles. The number of hydrogen-bond donors (Lipinski definition) is 0. The number of rotatable bonds is 5. The lowest BCUT2D eigenvalue weighted by atomic mass is 10.1. The molecule has 0 spiro atoms. The van der Waals surface area contributed by atoms with E-state index in [9.17, 15) is 4.57 Å². The number of nitrogens with zero attached hydrogens (tertiary/aromatic N) is 3. The fourth-order valence-corrected chi connectivity index (χ4v) is 7.01. The summed E-state index contributed by atoms with van der Waals surface area (Å²) in [4.78, 5) is 6.87. The Morgan fingerprint density at radius 2 is 1.43 bits per heavy atom. The maximum absolute atomic E-state index is 14.6. The van der Waals surface area contributed by atoms with Gasteiger partial charge in [0.1, 0.15) is 5.84 Å². The smallest absolute Gasteiger partial charge is 0.238 e. The van der Waals surface area contributed by atoms with E-state index in [0.29, 0.717) is 28.3 Å². The minimum absolute atomic E-state index is 0.322. The third-order valence-electron chi connectivity index (χ3n) is 5.73. The number of hydrogen-bond acceptors (Lipinski definition) is 2. The molecule has 0 bridgehead atoms. The molecule has 2 aliphatic heterocycles. The van der Waals surface area contributed by atoms with Crippen LogP contribution in [0.5, 0.6) is 0 Å². The van der Waals surface area contributed by atoms with Crippen molar-refractivity contribution in [1.29, 1.82) is 0 Å². The first-order valence-corrected chi connectivity index (χ1v) is 14.8. The zero-order valence-electron chi connectivity index (χ0n) is 19.5. The molecule has 0 radical (unpaired) electrons. The zero-order chi connectivity index (χ0) is 25.8. The van der Waals surface area contributed by atoms with Crippen molar-refractivity contribution in [1.82, 2.24) is 4.90 Å². The van der Waals surface area contributed by atoms with E-state index in [4.69, 9.17) is 33.0 Å². The molecule has 0 saturated carbocycles. The molecule has 3 aromatic rings. The molecule has 3 aromatic carbocycles. The Balaban J connectivity index is 1.70. The van der Waals surface area contributed by atoms with Gasteiger partial charge in [-0.25, -0.2) is 4.99 Å². The minimum atomic E-state index is -3.64. The van der Waals surface area contributed by atoms with Crippen molar-refractivity contribution in [3.05, 3.63) is 142 Å². The highest BCUT2D eigenvalue weighted by atomic mass is 79.9. The van der Waals surface area contributed by atoms with Crippen molar-refractivity contribution in [3.63, 3.8) is 0 Å². The summed E-state index contributed by atoms with van der Waals surface area (Å²) in [5, 5.41) is 0.644. The molecule has 0 amide bonds. The predicted molar refractivity (Wildman–Crippen MR) is 160 cm³/mol. The van der Waals surface area contributed by atoms with Crippen LogP contribution in [0.4, 0.5) is 0 Å². The van der Waals surface area contributed by atoms with Crippen molar-refractivity contribution < 1.29 is 4.57 Å². The van der Waals surface area contributed by atoms with Crippen LogP contribution >= 0.6 is 46.4 Å². The lowest BCUT2D eigenvalue weighted by Crippen LogP contribution is -2.24. The lowest BCUT2D eigenvalue weighted by Gasteiger charge is -2.21. The van der Waals surface area contributed by atoms with Gasteiger partial charge in [0, 0.05) is 34.4 Å². The van der Waals surface area contributed by atoms with Crippen molar-refractivity contribution in [3.8, 4) is 0 Å². The van der Waals surface area contributed by atoms with E-state index in [1.165, 1.54) is 11.6 Å². The summed E-state index contributed by atoms with van der Waals surface area (Å²) in [5.74, 6) is 4.03. The second-order valence-corrected chi connectivity index (χ2v) is 12.2. The van der Waals surface area contributed by atoms with Crippen LogP contribution in [0.25, 0.3) is 10.1 Å². The van der Waals surface area contributed by atoms with Crippen LogP contribution in [0.2, 0.25) is 0 Å². The Morgan fingerprint density at radius 1 is 0.865 bits per heavy atom. The Kier molecular flexibility index (Phi) is 7.78. The van der Waals surface area contributed by atoms with Crippen molar-refractivity contribution in [2.24, 2.45) is 9.76 Å². The maximum Gasteiger partial charge on any atom is 0.238 e. The number of benzene rings is 3. The molecular weight excluding hydrogens is 588 g/mol. The van der Waals surface area contributed by atoms with Gasteiger partial charge >= 0.3 is 0 Å². The summed E-state index contributed by atoms with van der Waals surface area (Å²) in [5.41, 5.74) is 3.28. The fraction of sp³-hybridized carbons (Fsp3) is 0.0345. The van der Waals surface area contributed by atoms with Crippen molar-refractivity contribution in [2.75, 3.05) is 0 Å². The lowest BCUT2D eigenvalue weighted by molar-refractivity contribution is 0.555. The topological polar surface area (TPSA) is 45.0 Å². The first-order chi connectivity index (χ1) is 17.9. The van der Waals surface area contributed by atoms with Gasteiger partial charge in [0.15, 0.2) is 5.84 Å². The van der Waals surface area contributed by atoms with Crippen molar-refractivity contribution >= 4 is 68.2 Å². The van der Waals surface area contributed by atoms with Gasteiger partial charge in [-0.15, -0.1) is 0 Å². The standard InChI is InChI=1S/C29H21BrCl2N3OP/c30-24-15-16-28-33-29(25-14-8-7-13-23(25)17-35(28)18-24)34-37(36,19-26(31)21-9-3-1-4-10-21)20-27(32)22-11-5-2-6-12-22/h1-16,18-20H,17H2/b26-19+,27-20?,34-29?. The van der Waals surface area contributed by atoms with E-state index in [1.54, 1.807) is 0 Å². The molecule has 5 rings (SSSR count). The molecule has 0 aliphatic carbocycles. The summed E-state index contributed by atoms with van der Waals surface area (Å²) in [6, 6.07) is 26.6. The summed E-state index contributed by atoms with van der Waals surface area (Å²) < 4.78 is 20.3. The monoisotopic (exact) mass is 607 g/mol. The minimum Gasteiger partial charge on any atom is -0.327 e. The number of allylic oxidation sites excluding steroid dienone is 2. The molecular formula is C29H21BrCl2N3OP. The number of fused-ring (bicyclic) bond motifs is 2. The summed E-state index contributed by atoms with van der Waals surface area (Å²) in [6.45, 7) is 0.596. The molecule has 2 heterocycles. The molecule has 2 aliphatic rings. The summed E-state index contributed by atoms with van der Waals surface area (Å²) >= 11 is 16.9. The molecule has 8 heteroatoms. The average Bonchev–Trinajstić information content (AvgIpc) is 3.05. The Hall–Kier alpha value is -2.95. The van der Waals surface area contributed by atoms with Gasteiger partial charge in [-0.1, -0.05) is 108 Å². The summed E-state index contributed by atoms with van der Waals surface area (Å²) in [7, 11) is -3.64. The molecule has 1 atom stereocenters. The van der Waals surface area contributed by atoms with Gasteiger partial charge < -0.3 is 4.90 Å². The van der Waals surface area contributed by atoms with Crippen LogP contribution in [0.3, 0.4) is 0 Å². The van der Waals surface area contributed by atoms with Crippen LogP contribution in [-0.4, -0.2) is 16.6 Å². The molecule has 0 N–H and O–H groups in total. The average molecular weight is 609 g/mol. The largest absolute Gasteiger partial charge is 0.327 e. The van der Waals surface area contributed by atoms with E-state index in [-0.39, 0.29) is 0 Å². The van der Waals surface area contributed by atoms with Gasteiger partial charge in [0.2, 0.25) is 7.29 Å². The second-order valence-electron chi connectivity index (χ2n) is 8.38. The molecule has 37 heavy (non-hydrogen) atoms. The summed E-state index contributed by atoms with van der Waals surface area (Å²) in [6.07, 6.45) is 5.79. The van der Waals surface area contributed by atoms with Gasteiger partial charge in [0.25, 0.3) is 0 Å².